The standard InChI is InChI=1S/C22H18/c1-18-10-8-9-15-21(18)22(20-13-6-3-7-14-20)17-16-19-11-4-2-5-12-19/h2-15,22H,1H3. The van der Waals surface area contributed by atoms with E-state index in [9.17, 15) is 0 Å². The van der Waals surface area contributed by atoms with Gasteiger partial charge in [0.2, 0.25) is 0 Å². The van der Waals surface area contributed by atoms with Gasteiger partial charge in [0.25, 0.3) is 0 Å². The van der Waals surface area contributed by atoms with E-state index < -0.39 is 0 Å². The van der Waals surface area contributed by atoms with Crippen LogP contribution in [0.25, 0.3) is 0 Å². The average Bonchev–Trinajstić information content (AvgIpc) is 2.58. The van der Waals surface area contributed by atoms with Crippen LogP contribution in [0.3, 0.4) is 0 Å². The maximum atomic E-state index is 3.46. The van der Waals surface area contributed by atoms with Crippen molar-refractivity contribution in [1.82, 2.24) is 0 Å². The molecule has 0 aliphatic carbocycles. The summed E-state index contributed by atoms with van der Waals surface area (Å²) in [7, 11) is 0. The van der Waals surface area contributed by atoms with Crippen LogP contribution >= 0.6 is 0 Å². The first-order chi connectivity index (χ1) is 10.8. The van der Waals surface area contributed by atoms with Gasteiger partial charge >= 0.3 is 0 Å². The van der Waals surface area contributed by atoms with Gasteiger partial charge in [0.15, 0.2) is 0 Å². The molecule has 0 heteroatoms. The second kappa shape index (κ2) is 6.78. The molecule has 0 spiro atoms. The molecule has 3 rings (SSSR count). The van der Waals surface area contributed by atoms with Crippen molar-refractivity contribution in [2.75, 3.05) is 0 Å². The topological polar surface area (TPSA) is 0 Å². The van der Waals surface area contributed by atoms with Gasteiger partial charge in [-0.25, -0.2) is 0 Å². The molecule has 0 aromatic heterocycles. The minimum Gasteiger partial charge on any atom is -0.0848 e. The van der Waals surface area contributed by atoms with Gasteiger partial charge in [0, 0.05) is 5.56 Å². The third-order valence-corrected chi connectivity index (χ3v) is 3.77. The number of hydrogen-bond donors (Lipinski definition) is 0. The van der Waals surface area contributed by atoms with Gasteiger partial charge in [-0.1, -0.05) is 84.6 Å². The van der Waals surface area contributed by atoms with Crippen LogP contribution in [0, 0.1) is 18.8 Å². The van der Waals surface area contributed by atoms with Crippen molar-refractivity contribution in [3.63, 3.8) is 0 Å². The molecular formula is C22H18. The normalized spacial score (nSPS) is 11.3. The highest BCUT2D eigenvalue weighted by atomic mass is 14.1. The minimum atomic E-state index is 0.0996. The molecule has 0 aliphatic rings. The largest absolute Gasteiger partial charge is 0.0848 e. The summed E-state index contributed by atoms with van der Waals surface area (Å²) < 4.78 is 0. The van der Waals surface area contributed by atoms with Crippen LogP contribution in [-0.2, 0) is 0 Å². The SMILES string of the molecule is Cc1ccccc1C(C#Cc1ccccc1)c1ccccc1. The van der Waals surface area contributed by atoms with Crippen molar-refractivity contribution in [2.24, 2.45) is 0 Å². The van der Waals surface area contributed by atoms with E-state index in [-0.39, 0.29) is 5.92 Å². The molecule has 1 unspecified atom stereocenters. The van der Waals surface area contributed by atoms with E-state index in [1.807, 2.05) is 36.4 Å². The molecule has 0 saturated heterocycles. The summed E-state index contributed by atoms with van der Waals surface area (Å²) in [6, 6.07) is 29.1. The fourth-order valence-electron chi connectivity index (χ4n) is 2.57. The lowest BCUT2D eigenvalue weighted by Gasteiger charge is -2.14. The zero-order valence-electron chi connectivity index (χ0n) is 12.7. The highest BCUT2D eigenvalue weighted by Crippen LogP contribution is 2.26. The summed E-state index contributed by atoms with van der Waals surface area (Å²) in [5, 5.41) is 0. The van der Waals surface area contributed by atoms with Crippen molar-refractivity contribution in [1.29, 1.82) is 0 Å². The summed E-state index contributed by atoms with van der Waals surface area (Å²) in [6.07, 6.45) is 0. The summed E-state index contributed by atoms with van der Waals surface area (Å²) in [5.41, 5.74) is 4.84. The molecule has 0 aliphatic heterocycles. The molecule has 22 heavy (non-hydrogen) atoms. The zero-order valence-corrected chi connectivity index (χ0v) is 12.7. The quantitative estimate of drug-likeness (QED) is 0.568. The molecule has 0 heterocycles. The van der Waals surface area contributed by atoms with Crippen LogP contribution in [0.2, 0.25) is 0 Å². The van der Waals surface area contributed by atoms with Gasteiger partial charge in [-0.2, -0.15) is 0 Å². The monoisotopic (exact) mass is 282 g/mol. The molecule has 0 nitrogen and oxygen atoms in total. The zero-order chi connectivity index (χ0) is 15.2. The van der Waals surface area contributed by atoms with Gasteiger partial charge in [-0.05, 0) is 35.7 Å². The van der Waals surface area contributed by atoms with Crippen LogP contribution in [0.4, 0.5) is 0 Å². The maximum Gasteiger partial charge on any atom is 0.0708 e. The first-order valence-electron chi connectivity index (χ1n) is 7.51. The number of aryl methyl sites for hydroxylation is 1. The predicted octanol–water partition coefficient (Wildman–Crippen LogP) is 5.18. The Kier molecular flexibility index (Phi) is 4.37. The summed E-state index contributed by atoms with van der Waals surface area (Å²) in [4.78, 5) is 0. The van der Waals surface area contributed by atoms with Crippen LogP contribution in [0.1, 0.15) is 28.2 Å². The second-order valence-electron chi connectivity index (χ2n) is 5.34. The highest BCUT2D eigenvalue weighted by Gasteiger charge is 2.12. The molecule has 0 saturated carbocycles. The molecule has 3 aromatic rings. The third-order valence-electron chi connectivity index (χ3n) is 3.77. The smallest absolute Gasteiger partial charge is 0.0708 e. The van der Waals surface area contributed by atoms with Crippen LogP contribution in [-0.4, -0.2) is 0 Å². The molecule has 0 amide bonds. The molecular weight excluding hydrogens is 264 g/mol. The molecule has 3 aromatic carbocycles. The summed E-state index contributed by atoms with van der Waals surface area (Å²) in [6.45, 7) is 2.15. The lowest BCUT2D eigenvalue weighted by atomic mass is 9.89. The van der Waals surface area contributed by atoms with Gasteiger partial charge < -0.3 is 0 Å². The Morgan fingerprint density at radius 1 is 0.682 bits per heavy atom. The number of rotatable bonds is 2. The Hall–Kier alpha value is -2.78. The predicted molar refractivity (Wildman–Crippen MR) is 92.8 cm³/mol. The van der Waals surface area contributed by atoms with Crippen molar-refractivity contribution in [3.8, 4) is 11.8 Å². The Labute approximate surface area is 132 Å². The van der Waals surface area contributed by atoms with E-state index in [0.717, 1.165) is 5.56 Å². The van der Waals surface area contributed by atoms with E-state index in [4.69, 9.17) is 0 Å². The Morgan fingerprint density at radius 2 is 1.27 bits per heavy atom. The molecule has 106 valence electrons. The fraction of sp³-hybridized carbons (Fsp3) is 0.0909. The van der Waals surface area contributed by atoms with Gasteiger partial charge in [-0.3, -0.25) is 0 Å². The number of hydrogen-bond acceptors (Lipinski definition) is 0. The van der Waals surface area contributed by atoms with Gasteiger partial charge in [0.1, 0.15) is 0 Å². The van der Waals surface area contributed by atoms with E-state index in [2.05, 4.69) is 67.3 Å². The first kappa shape index (κ1) is 14.2. The van der Waals surface area contributed by atoms with Crippen LogP contribution in [0.5, 0.6) is 0 Å². The number of benzene rings is 3. The lowest BCUT2D eigenvalue weighted by Crippen LogP contribution is -2.00. The van der Waals surface area contributed by atoms with Crippen molar-refractivity contribution < 1.29 is 0 Å². The Balaban J connectivity index is 2.05. The molecule has 1 atom stereocenters. The van der Waals surface area contributed by atoms with E-state index in [1.54, 1.807) is 0 Å². The van der Waals surface area contributed by atoms with E-state index in [0.29, 0.717) is 0 Å². The van der Waals surface area contributed by atoms with Crippen molar-refractivity contribution >= 4 is 0 Å². The van der Waals surface area contributed by atoms with E-state index >= 15 is 0 Å². The molecule has 0 radical (unpaired) electrons. The Morgan fingerprint density at radius 3 is 1.95 bits per heavy atom. The summed E-state index contributed by atoms with van der Waals surface area (Å²) in [5.74, 6) is 6.88. The molecule has 0 bridgehead atoms. The molecule has 0 N–H and O–H groups in total. The maximum absolute atomic E-state index is 3.46. The first-order valence-corrected chi connectivity index (χ1v) is 7.51. The van der Waals surface area contributed by atoms with E-state index in [1.165, 1.54) is 16.7 Å². The minimum absolute atomic E-state index is 0.0996. The summed E-state index contributed by atoms with van der Waals surface area (Å²) >= 11 is 0. The Bertz CT molecular complexity index is 789. The van der Waals surface area contributed by atoms with Crippen LogP contribution < -0.4 is 0 Å². The van der Waals surface area contributed by atoms with Crippen molar-refractivity contribution in [2.45, 2.75) is 12.8 Å². The molecule has 0 fully saturated rings. The van der Waals surface area contributed by atoms with Crippen molar-refractivity contribution in [3.05, 3.63) is 107 Å². The lowest BCUT2D eigenvalue weighted by molar-refractivity contribution is 1.04. The second-order valence-corrected chi connectivity index (χ2v) is 5.34. The highest BCUT2D eigenvalue weighted by molar-refractivity contribution is 5.46. The van der Waals surface area contributed by atoms with Gasteiger partial charge in [-0.15, -0.1) is 0 Å². The van der Waals surface area contributed by atoms with Gasteiger partial charge in [0.05, 0.1) is 5.92 Å². The third kappa shape index (κ3) is 3.27. The van der Waals surface area contributed by atoms with Crippen LogP contribution in [0.15, 0.2) is 84.9 Å². The fourth-order valence-corrected chi connectivity index (χ4v) is 2.57. The average molecular weight is 282 g/mol.